The van der Waals surface area contributed by atoms with E-state index < -0.39 is 0 Å². The molecule has 0 spiro atoms. The van der Waals surface area contributed by atoms with Gasteiger partial charge in [0.05, 0.1) is 11.0 Å². The molecule has 1 heterocycles. The van der Waals surface area contributed by atoms with E-state index in [1.807, 2.05) is 6.92 Å². The molecular formula is C18H19FN2O. The largest absolute Gasteiger partial charge is 0.396 e. The average Bonchev–Trinajstić information content (AvgIpc) is 2.84. The van der Waals surface area contributed by atoms with Gasteiger partial charge >= 0.3 is 0 Å². The molecule has 1 N–H and O–H groups in total. The van der Waals surface area contributed by atoms with E-state index in [0.29, 0.717) is 13.0 Å². The van der Waals surface area contributed by atoms with Gasteiger partial charge in [0.1, 0.15) is 11.6 Å². The second-order valence-corrected chi connectivity index (χ2v) is 5.56. The first-order chi connectivity index (χ1) is 10.7. The van der Waals surface area contributed by atoms with Gasteiger partial charge in [-0.15, -0.1) is 0 Å². The third-order valence-corrected chi connectivity index (χ3v) is 3.80. The fourth-order valence-corrected chi connectivity index (χ4v) is 2.67. The molecule has 0 fully saturated rings. The summed E-state index contributed by atoms with van der Waals surface area (Å²) in [7, 11) is 0. The van der Waals surface area contributed by atoms with Crippen molar-refractivity contribution in [2.24, 2.45) is 0 Å². The average molecular weight is 298 g/mol. The predicted octanol–water partition coefficient (Wildman–Crippen LogP) is 3.46. The van der Waals surface area contributed by atoms with E-state index in [2.05, 4.69) is 22.8 Å². The van der Waals surface area contributed by atoms with Gasteiger partial charge < -0.3 is 9.67 Å². The molecule has 0 unspecified atom stereocenters. The van der Waals surface area contributed by atoms with E-state index in [9.17, 15) is 4.39 Å². The van der Waals surface area contributed by atoms with Crippen molar-refractivity contribution in [1.82, 2.24) is 9.55 Å². The fourth-order valence-electron chi connectivity index (χ4n) is 2.67. The molecule has 3 aromatic rings. The number of benzene rings is 2. The molecule has 0 saturated heterocycles. The first-order valence-corrected chi connectivity index (χ1v) is 7.48. The van der Waals surface area contributed by atoms with E-state index in [1.54, 1.807) is 12.1 Å². The highest BCUT2D eigenvalue weighted by Gasteiger charge is 2.11. The van der Waals surface area contributed by atoms with Crippen molar-refractivity contribution in [2.45, 2.75) is 26.3 Å². The number of hydrogen-bond acceptors (Lipinski definition) is 2. The minimum Gasteiger partial charge on any atom is -0.396 e. The SMILES string of the molecule is Cc1ccc2c(c1)nc(CCCO)n2Cc1ccc(F)cc1. The molecule has 0 aliphatic heterocycles. The number of aliphatic hydroxyl groups is 1. The van der Waals surface area contributed by atoms with Crippen LogP contribution in [0, 0.1) is 12.7 Å². The van der Waals surface area contributed by atoms with Crippen LogP contribution in [-0.4, -0.2) is 21.3 Å². The van der Waals surface area contributed by atoms with E-state index >= 15 is 0 Å². The zero-order chi connectivity index (χ0) is 15.5. The summed E-state index contributed by atoms with van der Waals surface area (Å²) in [6.07, 6.45) is 1.41. The monoisotopic (exact) mass is 298 g/mol. The zero-order valence-electron chi connectivity index (χ0n) is 12.6. The van der Waals surface area contributed by atoms with Crippen LogP contribution in [0.5, 0.6) is 0 Å². The number of fused-ring (bicyclic) bond motifs is 1. The lowest BCUT2D eigenvalue weighted by molar-refractivity contribution is 0.287. The number of aromatic nitrogens is 2. The standard InChI is InChI=1S/C18H19FN2O/c1-13-4-9-17-16(11-13)20-18(3-2-10-22)21(17)12-14-5-7-15(19)8-6-14/h4-9,11,22H,2-3,10,12H2,1H3. The quantitative estimate of drug-likeness (QED) is 0.783. The summed E-state index contributed by atoms with van der Waals surface area (Å²) in [6.45, 7) is 2.85. The minimum absolute atomic E-state index is 0.152. The topological polar surface area (TPSA) is 38.1 Å². The smallest absolute Gasteiger partial charge is 0.123 e. The maximum absolute atomic E-state index is 13.1. The molecule has 0 aliphatic rings. The lowest BCUT2D eigenvalue weighted by atomic mass is 10.2. The van der Waals surface area contributed by atoms with Crippen molar-refractivity contribution in [3.8, 4) is 0 Å². The number of rotatable bonds is 5. The van der Waals surface area contributed by atoms with Gasteiger partial charge in [-0.05, 0) is 48.7 Å². The van der Waals surface area contributed by atoms with Gasteiger partial charge in [-0.2, -0.15) is 0 Å². The molecule has 22 heavy (non-hydrogen) atoms. The summed E-state index contributed by atoms with van der Waals surface area (Å²) >= 11 is 0. The molecule has 4 heteroatoms. The lowest BCUT2D eigenvalue weighted by Gasteiger charge is -2.09. The van der Waals surface area contributed by atoms with Gasteiger partial charge in [-0.25, -0.2) is 9.37 Å². The number of nitrogens with zero attached hydrogens (tertiary/aromatic N) is 2. The van der Waals surface area contributed by atoms with Crippen LogP contribution < -0.4 is 0 Å². The van der Waals surface area contributed by atoms with E-state index in [-0.39, 0.29) is 12.4 Å². The van der Waals surface area contributed by atoms with Gasteiger partial charge in [0.15, 0.2) is 0 Å². The summed E-state index contributed by atoms with van der Waals surface area (Å²) in [4.78, 5) is 4.70. The molecule has 0 aliphatic carbocycles. The highest BCUT2D eigenvalue weighted by molar-refractivity contribution is 5.77. The van der Waals surface area contributed by atoms with Gasteiger partial charge in [0, 0.05) is 19.6 Å². The zero-order valence-corrected chi connectivity index (χ0v) is 12.6. The van der Waals surface area contributed by atoms with Crippen molar-refractivity contribution in [2.75, 3.05) is 6.61 Å². The molecule has 3 rings (SSSR count). The Hall–Kier alpha value is -2.20. The highest BCUT2D eigenvalue weighted by Crippen LogP contribution is 2.20. The summed E-state index contributed by atoms with van der Waals surface area (Å²) in [5, 5.41) is 9.08. The fraction of sp³-hybridized carbons (Fsp3) is 0.278. The Balaban J connectivity index is 2.02. The first kappa shape index (κ1) is 14.7. The molecule has 114 valence electrons. The normalized spacial score (nSPS) is 11.2. The second kappa shape index (κ2) is 6.28. The number of aliphatic hydroxyl groups excluding tert-OH is 1. The summed E-state index contributed by atoms with van der Waals surface area (Å²) in [5.41, 5.74) is 4.25. The Morgan fingerprint density at radius 2 is 1.91 bits per heavy atom. The number of imidazole rings is 1. The molecule has 2 aromatic carbocycles. The Morgan fingerprint density at radius 1 is 1.14 bits per heavy atom. The first-order valence-electron chi connectivity index (χ1n) is 7.48. The molecular weight excluding hydrogens is 279 g/mol. The van der Waals surface area contributed by atoms with E-state index in [0.717, 1.165) is 28.8 Å². The maximum atomic E-state index is 13.1. The van der Waals surface area contributed by atoms with Crippen molar-refractivity contribution < 1.29 is 9.50 Å². The predicted molar refractivity (Wildman–Crippen MR) is 85.4 cm³/mol. The van der Waals surface area contributed by atoms with Crippen molar-refractivity contribution >= 4 is 11.0 Å². The Morgan fingerprint density at radius 3 is 2.64 bits per heavy atom. The molecule has 0 amide bonds. The van der Waals surface area contributed by atoms with Crippen LogP contribution in [0.4, 0.5) is 4.39 Å². The number of halogens is 1. The minimum atomic E-state index is -0.227. The summed E-state index contributed by atoms with van der Waals surface area (Å²) < 4.78 is 15.2. The van der Waals surface area contributed by atoms with Crippen LogP contribution in [0.3, 0.4) is 0 Å². The van der Waals surface area contributed by atoms with Crippen LogP contribution in [0.1, 0.15) is 23.4 Å². The van der Waals surface area contributed by atoms with Crippen LogP contribution in [0.25, 0.3) is 11.0 Å². The molecule has 0 saturated carbocycles. The Kier molecular flexibility index (Phi) is 4.20. The summed E-state index contributed by atoms with van der Waals surface area (Å²) in [6, 6.07) is 12.8. The molecule has 1 aromatic heterocycles. The van der Waals surface area contributed by atoms with Gasteiger partial charge in [0.2, 0.25) is 0 Å². The highest BCUT2D eigenvalue weighted by atomic mass is 19.1. The van der Waals surface area contributed by atoms with E-state index in [4.69, 9.17) is 10.1 Å². The van der Waals surface area contributed by atoms with Gasteiger partial charge in [-0.1, -0.05) is 18.2 Å². The van der Waals surface area contributed by atoms with E-state index in [1.165, 1.54) is 17.7 Å². The lowest BCUT2D eigenvalue weighted by Crippen LogP contribution is -2.06. The maximum Gasteiger partial charge on any atom is 0.123 e. The molecule has 0 radical (unpaired) electrons. The number of aryl methyl sites for hydroxylation is 2. The molecule has 0 bridgehead atoms. The van der Waals surface area contributed by atoms with Crippen LogP contribution >= 0.6 is 0 Å². The third kappa shape index (κ3) is 3.02. The van der Waals surface area contributed by atoms with Gasteiger partial charge in [0.25, 0.3) is 0 Å². The van der Waals surface area contributed by atoms with Crippen LogP contribution in [0.15, 0.2) is 42.5 Å². The molecule has 3 nitrogen and oxygen atoms in total. The van der Waals surface area contributed by atoms with Crippen molar-refractivity contribution in [1.29, 1.82) is 0 Å². The second-order valence-electron chi connectivity index (χ2n) is 5.56. The van der Waals surface area contributed by atoms with Gasteiger partial charge in [-0.3, -0.25) is 0 Å². The molecule has 0 atom stereocenters. The van der Waals surface area contributed by atoms with Crippen LogP contribution in [0.2, 0.25) is 0 Å². The van der Waals surface area contributed by atoms with Crippen molar-refractivity contribution in [3.05, 3.63) is 65.2 Å². The Bertz CT molecular complexity index is 778. The third-order valence-electron chi connectivity index (χ3n) is 3.80. The Labute approximate surface area is 129 Å². The van der Waals surface area contributed by atoms with Crippen molar-refractivity contribution in [3.63, 3.8) is 0 Å². The van der Waals surface area contributed by atoms with Crippen LogP contribution in [-0.2, 0) is 13.0 Å². The number of hydrogen-bond donors (Lipinski definition) is 1. The summed E-state index contributed by atoms with van der Waals surface area (Å²) in [5.74, 6) is 0.731.